The third-order valence-electron chi connectivity index (χ3n) is 3.59. The summed E-state index contributed by atoms with van der Waals surface area (Å²) in [6.45, 7) is 1.64. The van der Waals surface area contributed by atoms with Crippen molar-refractivity contribution < 1.29 is 19.8 Å². The Labute approximate surface area is 115 Å². The number of carboxylic acids is 2. The zero-order chi connectivity index (χ0) is 14.2. The standard InChI is InChI=1S/C13H14ClNO4/c1-6-9(12(16)17)11(15-10(6)13(18)19)7-2-4-8(14)5-3-7/h2-6,9-11,15H,1H3,(H,16,17)(H,18,19)/t6-,9-,10+,11+/m1/s1. The van der Waals surface area contributed by atoms with Gasteiger partial charge in [0.2, 0.25) is 0 Å². The van der Waals surface area contributed by atoms with Gasteiger partial charge in [0.1, 0.15) is 6.04 Å². The molecule has 1 heterocycles. The molecule has 0 bridgehead atoms. The second-order valence-corrected chi connectivity index (χ2v) is 5.17. The van der Waals surface area contributed by atoms with E-state index in [1.807, 2.05) is 0 Å². The molecule has 1 fully saturated rings. The fourth-order valence-electron chi connectivity index (χ4n) is 2.60. The Hall–Kier alpha value is -1.59. The molecule has 1 saturated heterocycles. The SMILES string of the molecule is C[C@@H]1[C@@H](C(=O)O)[C@H](c2ccc(Cl)cc2)N[C@@H]1C(=O)O. The van der Waals surface area contributed by atoms with Gasteiger partial charge < -0.3 is 10.2 Å². The first-order valence-corrected chi connectivity index (χ1v) is 6.26. The highest BCUT2D eigenvalue weighted by molar-refractivity contribution is 6.30. The number of aliphatic carboxylic acids is 2. The summed E-state index contributed by atoms with van der Waals surface area (Å²) in [7, 11) is 0. The van der Waals surface area contributed by atoms with Gasteiger partial charge in [-0.1, -0.05) is 30.7 Å². The normalized spacial score (nSPS) is 30.2. The van der Waals surface area contributed by atoms with E-state index in [-0.39, 0.29) is 0 Å². The van der Waals surface area contributed by atoms with Gasteiger partial charge in [0.05, 0.1) is 5.92 Å². The Morgan fingerprint density at radius 1 is 1.16 bits per heavy atom. The molecule has 19 heavy (non-hydrogen) atoms. The number of carboxylic acid groups (broad SMARTS) is 2. The topological polar surface area (TPSA) is 86.6 Å². The third kappa shape index (κ3) is 2.57. The molecule has 0 radical (unpaired) electrons. The van der Waals surface area contributed by atoms with Crippen molar-refractivity contribution in [1.29, 1.82) is 0 Å². The Morgan fingerprint density at radius 3 is 2.21 bits per heavy atom. The van der Waals surface area contributed by atoms with Gasteiger partial charge in [0.25, 0.3) is 0 Å². The molecule has 1 aromatic carbocycles. The summed E-state index contributed by atoms with van der Waals surface area (Å²) in [5.74, 6) is -3.29. The van der Waals surface area contributed by atoms with Crippen molar-refractivity contribution in [3.63, 3.8) is 0 Å². The van der Waals surface area contributed by atoms with Crippen molar-refractivity contribution in [3.05, 3.63) is 34.9 Å². The number of hydrogen-bond acceptors (Lipinski definition) is 3. The van der Waals surface area contributed by atoms with E-state index < -0.39 is 35.9 Å². The maximum absolute atomic E-state index is 11.4. The quantitative estimate of drug-likeness (QED) is 0.787. The van der Waals surface area contributed by atoms with Crippen molar-refractivity contribution in [2.45, 2.75) is 19.0 Å². The monoisotopic (exact) mass is 283 g/mol. The fourth-order valence-corrected chi connectivity index (χ4v) is 2.72. The average Bonchev–Trinajstić information content (AvgIpc) is 2.68. The lowest BCUT2D eigenvalue weighted by molar-refractivity contribution is -0.144. The number of benzene rings is 1. The smallest absolute Gasteiger partial charge is 0.321 e. The first kappa shape index (κ1) is 13.8. The van der Waals surface area contributed by atoms with Crippen molar-refractivity contribution >= 4 is 23.5 Å². The lowest BCUT2D eigenvalue weighted by atomic mass is 9.86. The van der Waals surface area contributed by atoms with Crippen LogP contribution in [0.5, 0.6) is 0 Å². The summed E-state index contributed by atoms with van der Waals surface area (Å²) in [5, 5.41) is 21.9. The zero-order valence-electron chi connectivity index (χ0n) is 10.2. The molecule has 1 aliphatic heterocycles. The number of halogens is 1. The highest BCUT2D eigenvalue weighted by Gasteiger charge is 2.47. The summed E-state index contributed by atoms with van der Waals surface area (Å²) in [4.78, 5) is 22.5. The summed E-state index contributed by atoms with van der Waals surface area (Å²) in [6.07, 6.45) is 0. The van der Waals surface area contributed by atoms with Gasteiger partial charge in [-0.15, -0.1) is 0 Å². The van der Waals surface area contributed by atoms with Gasteiger partial charge in [0, 0.05) is 11.1 Å². The largest absolute Gasteiger partial charge is 0.481 e. The summed E-state index contributed by atoms with van der Waals surface area (Å²) in [5.41, 5.74) is 0.729. The molecule has 102 valence electrons. The molecular formula is C13H14ClNO4. The van der Waals surface area contributed by atoms with E-state index in [2.05, 4.69) is 5.32 Å². The summed E-state index contributed by atoms with van der Waals surface area (Å²) in [6, 6.07) is 5.37. The first-order valence-electron chi connectivity index (χ1n) is 5.89. The molecule has 5 nitrogen and oxygen atoms in total. The number of rotatable bonds is 3. The summed E-state index contributed by atoms with van der Waals surface area (Å²) >= 11 is 5.79. The molecule has 2 rings (SSSR count). The van der Waals surface area contributed by atoms with E-state index in [1.165, 1.54) is 0 Å². The van der Waals surface area contributed by atoms with Gasteiger partial charge in [-0.3, -0.25) is 14.9 Å². The molecule has 6 heteroatoms. The van der Waals surface area contributed by atoms with Gasteiger partial charge >= 0.3 is 11.9 Å². The molecule has 4 atom stereocenters. The van der Waals surface area contributed by atoms with Crippen molar-refractivity contribution in [2.75, 3.05) is 0 Å². The molecule has 1 aromatic rings. The predicted molar refractivity (Wildman–Crippen MR) is 69.0 cm³/mol. The number of nitrogens with one attached hydrogen (secondary N) is 1. The third-order valence-corrected chi connectivity index (χ3v) is 3.84. The van der Waals surface area contributed by atoms with Gasteiger partial charge in [-0.2, -0.15) is 0 Å². The van der Waals surface area contributed by atoms with Crippen molar-refractivity contribution in [3.8, 4) is 0 Å². The van der Waals surface area contributed by atoms with Crippen LogP contribution in [0, 0.1) is 11.8 Å². The predicted octanol–water partition coefficient (Wildman–Crippen LogP) is 1.77. The molecule has 0 aromatic heterocycles. The van der Waals surface area contributed by atoms with E-state index in [1.54, 1.807) is 31.2 Å². The Kier molecular flexibility index (Phi) is 3.78. The maximum atomic E-state index is 11.4. The van der Waals surface area contributed by atoms with Crippen molar-refractivity contribution in [1.82, 2.24) is 5.32 Å². The minimum Gasteiger partial charge on any atom is -0.481 e. The van der Waals surface area contributed by atoms with Crippen LogP contribution in [-0.4, -0.2) is 28.2 Å². The van der Waals surface area contributed by atoms with Crippen LogP contribution in [0.2, 0.25) is 5.02 Å². The lowest BCUT2D eigenvalue weighted by Gasteiger charge is -2.18. The zero-order valence-corrected chi connectivity index (χ0v) is 11.0. The maximum Gasteiger partial charge on any atom is 0.321 e. The van der Waals surface area contributed by atoms with Gasteiger partial charge in [0.15, 0.2) is 0 Å². The minimum atomic E-state index is -1.03. The summed E-state index contributed by atoms with van der Waals surface area (Å²) < 4.78 is 0. The van der Waals surface area contributed by atoms with Gasteiger partial charge in [-0.25, -0.2) is 0 Å². The highest BCUT2D eigenvalue weighted by Crippen LogP contribution is 2.37. The molecule has 0 aliphatic carbocycles. The molecule has 1 aliphatic rings. The van der Waals surface area contributed by atoms with E-state index in [9.17, 15) is 14.7 Å². The van der Waals surface area contributed by atoms with E-state index in [0.717, 1.165) is 5.56 Å². The fraction of sp³-hybridized carbons (Fsp3) is 0.385. The van der Waals surface area contributed by atoms with Crippen LogP contribution in [0.4, 0.5) is 0 Å². The van der Waals surface area contributed by atoms with Crippen LogP contribution in [-0.2, 0) is 9.59 Å². The van der Waals surface area contributed by atoms with Crippen LogP contribution in [0.3, 0.4) is 0 Å². The highest BCUT2D eigenvalue weighted by atomic mass is 35.5. The van der Waals surface area contributed by atoms with E-state index >= 15 is 0 Å². The van der Waals surface area contributed by atoms with Crippen LogP contribution in [0.25, 0.3) is 0 Å². The molecule has 3 N–H and O–H groups in total. The number of carbonyl (C=O) groups is 2. The van der Waals surface area contributed by atoms with E-state index in [0.29, 0.717) is 5.02 Å². The van der Waals surface area contributed by atoms with Crippen LogP contribution in [0.1, 0.15) is 18.5 Å². The van der Waals surface area contributed by atoms with Crippen molar-refractivity contribution in [2.24, 2.45) is 11.8 Å². The molecule has 0 spiro atoms. The Balaban J connectivity index is 2.35. The van der Waals surface area contributed by atoms with Gasteiger partial charge in [-0.05, 0) is 23.6 Å². The van der Waals surface area contributed by atoms with Crippen LogP contribution < -0.4 is 5.32 Å². The second-order valence-electron chi connectivity index (χ2n) is 4.73. The molecule has 0 amide bonds. The molecular weight excluding hydrogens is 270 g/mol. The first-order chi connectivity index (χ1) is 8.91. The lowest BCUT2D eigenvalue weighted by Crippen LogP contribution is -2.35. The second kappa shape index (κ2) is 5.19. The Bertz CT molecular complexity index is 502. The Morgan fingerprint density at radius 2 is 1.74 bits per heavy atom. The molecule has 0 saturated carbocycles. The molecule has 0 unspecified atom stereocenters. The van der Waals surface area contributed by atoms with Crippen LogP contribution in [0.15, 0.2) is 24.3 Å². The average molecular weight is 284 g/mol. The van der Waals surface area contributed by atoms with E-state index in [4.69, 9.17) is 16.7 Å². The minimum absolute atomic E-state index is 0.490. The number of hydrogen-bond donors (Lipinski definition) is 3. The van der Waals surface area contributed by atoms with Crippen LogP contribution >= 0.6 is 11.6 Å².